The number of carbonyl (C=O) groups excluding carboxylic acids is 3. The molecule has 0 spiro atoms. The van der Waals surface area contributed by atoms with Gasteiger partial charge in [0.05, 0.1) is 15.2 Å². The first-order chi connectivity index (χ1) is 17.7. The number of rotatable bonds is 7. The Hall–Kier alpha value is -3.12. The van der Waals surface area contributed by atoms with Gasteiger partial charge < -0.3 is 14.8 Å². The SMILES string of the molecule is CC(=O)OC[C@@]1(OC(C)=O)CC2CCC1[C@@H]2S(=O)(=O)c1cc(C(=O)Nc2cc(F)c(F)c(F)c2)ccc1Cl. The van der Waals surface area contributed by atoms with Crippen LogP contribution in [0.25, 0.3) is 0 Å². The van der Waals surface area contributed by atoms with E-state index in [-0.39, 0.29) is 34.2 Å². The minimum Gasteiger partial charge on any atom is -0.462 e. The lowest BCUT2D eigenvalue weighted by Crippen LogP contribution is -2.46. The van der Waals surface area contributed by atoms with E-state index in [1.807, 2.05) is 0 Å². The molecule has 1 amide bonds. The maximum atomic E-state index is 13.9. The number of nitrogens with one attached hydrogen (secondary N) is 1. The average Bonchev–Trinajstić information content (AvgIpc) is 3.38. The van der Waals surface area contributed by atoms with Crippen molar-refractivity contribution in [1.82, 2.24) is 0 Å². The summed E-state index contributed by atoms with van der Waals surface area (Å²) in [6.07, 6.45) is 1.08. The quantitative estimate of drug-likeness (QED) is 0.384. The van der Waals surface area contributed by atoms with Crippen LogP contribution in [0, 0.1) is 29.3 Å². The molecule has 2 unspecified atom stereocenters. The van der Waals surface area contributed by atoms with Gasteiger partial charge in [0.15, 0.2) is 32.9 Å². The molecule has 4 atom stereocenters. The van der Waals surface area contributed by atoms with Gasteiger partial charge >= 0.3 is 11.9 Å². The molecule has 2 bridgehead atoms. The number of carbonyl (C=O) groups is 3. The minimum absolute atomic E-state index is 0.161. The molecule has 13 heteroatoms. The third-order valence-electron chi connectivity index (χ3n) is 6.96. The molecule has 0 saturated heterocycles. The molecule has 0 heterocycles. The number of amides is 1. The zero-order valence-corrected chi connectivity index (χ0v) is 21.8. The molecule has 0 aromatic heterocycles. The topological polar surface area (TPSA) is 116 Å². The molecular weight excluding hydrogens is 551 g/mol. The predicted molar refractivity (Wildman–Crippen MR) is 129 cm³/mol. The van der Waals surface area contributed by atoms with Crippen molar-refractivity contribution >= 4 is 45.0 Å². The van der Waals surface area contributed by atoms with Crippen LogP contribution in [-0.4, -0.2) is 43.7 Å². The zero-order valence-electron chi connectivity index (χ0n) is 20.2. The molecule has 0 aliphatic heterocycles. The van der Waals surface area contributed by atoms with Crippen LogP contribution in [0.15, 0.2) is 35.2 Å². The summed E-state index contributed by atoms with van der Waals surface area (Å²) in [7, 11) is -4.21. The van der Waals surface area contributed by atoms with Crippen molar-refractivity contribution in [2.75, 3.05) is 11.9 Å². The fourth-order valence-electron chi connectivity index (χ4n) is 5.56. The first-order valence-electron chi connectivity index (χ1n) is 11.6. The highest BCUT2D eigenvalue weighted by atomic mass is 35.5. The number of sulfone groups is 1. The number of hydrogen-bond acceptors (Lipinski definition) is 7. The molecule has 2 aliphatic carbocycles. The summed E-state index contributed by atoms with van der Waals surface area (Å²) in [6, 6.07) is 4.63. The van der Waals surface area contributed by atoms with Crippen molar-refractivity contribution in [3.63, 3.8) is 0 Å². The van der Waals surface area contributed by atoms with E-state index in [0.717, 1.165) is 6.07 Å². The summed E-state index contributed by atoms with van der Waals surface area (Å²) in [5.74, 6) is -8.02. The number of anilines is 1. The van der Waals surface area contributed by atoms with E-state index < -0.39 is 67.8 Å². The molecule has 2 aliphatic rings. The van der Waals surface area contributed by atoms with Gasteiger partial charge in [-0.1, -0.05) is 11.6 Å². The Kier molecular flexibility index (Phi) is 7.50. The maximum absolute atomic E-state index is 13.9. The smallest absolute Gasteiger partial charge is 0.303 e. The maximum Gasteiger partial charge on any atom is 0.303 e. The zero-order chi connectivity index (χ0) is 28.0. The molecule has 2 aromatic carbocycles. The van der Waals surface area contributed by atoms with E-state index in [1.165, 1.54) is 26.0 Å². The largest absolute Gasteiger partial charge is 0.462 e. The highest BCUT2D eigenvalue weighted by Crippen LogP contribution is 2.57. The normalized spacial score (nSPS) is 24.2. The average molecular weight is 574 g/mol. The van der Waals surface area contributed by atoms with Crippen LogP contribution in [-0.2, 0) is 28.9 Å². The molecule has 204 valence electrons. The van der Waals surface area contributed by atoms with Gasteiger partial charge in [0, 0.05) is 43.1 Å². The van der Waals surface area contributed by atoms with Crippen molar-refractivity contribution in [2.45, 2.75) is 48.9 Å². The lowest BCUT2D eigenvalue weighted by atomic mass is 9.84. The number of esters is 2. The van der Waals surface area contributed by atoms with Gasteiger partial charge in [-0.2, -0.15) is 0 Å². The standard InChI is InChI=1S/C25H23ClF3NO7S/c1-12(31)36-11-25(37-13(2)32)10-15-3-5-17(25)23(15)38(34,35)21-7-14(4-6-18(21)26)24(33)30-16-8-19(27)22(29)20(28)9-16/h4,6-9,15,17,23H,3,5,10-11H2,1-2H3,(H,30,33)/t15?,17?,23-,25+/m1/s1. The van der Waals surface area contributed by atoms with Crippen molar-refractivity contribution in [3.8, 4) is 0 Å². The first kappa shape index (κ1) is 27.9. The molecule has 2 aromatic rings. The molecule has 2 fully saturated rings. The molecular formula is C25H23ClF3NO7S. The van der Waals surface area contributed by atoms with Gasteiger partial charge in [-0.25, -0.2) is 21.6 Å². The lowest BCUT2D eigenvalue weighted by Gasteiger charge is -2.36. The Morgan fingerprint density at radius 3 is 2.32 bits per heavy atom. The molecule has 8 nitrogen and oxygen atoms in total. The Balaban J connectivity index is 1.66. The molecule has 1 N–H and O–H groups in total. The molecule has 4 rings (SSSR count). The first-order valence-corrected chi connectivity index (χ1v) is 13.5. The van der Waals surface area contributed by atoms with Gasteiger partial charge in [-0.05, 0) is 43.4 Å². The second-order valence-electron chi connectivity index (χ2n) is 9.45. The summed E-state index contributed by atoms with van der Waals surface area (Å²) >= 11 is 6.25. The summed E-state index contributed by atoms with van der Waals surface area (Å²) in [6.45, 7) is 2.08. The highest BCUT2D eigenvalue weighted by Gasteiger charge is 2.64. The van der Waals surface area contributed by atoms with Crippen molar-refractivity contribution in [2.24, 2.45) is 11.8 Å². The lowest BCUT2D eigenvalue weighted by molar-refractivity contribution is -0.177. The summed E-state index contributed by atoms with van der Waals surface area (Å²) in [5, 5.41) is 1.00. The van der Waals surface area contributed by atoms with Crippen LogP contribution >= 0.6 is 11.6 Å². The molecule has 38 heavy (non-hydrogen) atoms. The van der Waals surface area contributed by atoms with Crippen LogP contribution in [0.5, 0.6) is 0 Å². The Labute approximate surface area is 221 Å². The van der Waals surface area contributed by atoms with Crippen LogP contribution in [0.4, 0.5) is 18.9 Å². The summed E-state index contributed by atoms with van der Waals surface area (Å²) < 4.78 is 78.8. The van der Waals surface area contributed by atoms with Crippen LogP contribution in [0.3, 0.4) is 0 Å². The van der Waals surface area contributed by atoms with Gasteiger partial charge in [-0.15, -0.1) is 0 Å². The van der Waals surface area contributed by atoms with E-state index in [4.69, 9.17) is 21.1 Å². The fourth-order valence-corrected chi connectivity index (χ4v) is 8.48. The number of benzene rings is 2. The highest BCUT2D eigenvalue weighted by molar-refractivity contribution is 7.92. The van der Waals surface area contributed by atoms with Crippen LogP contribution in [0.1, 0.15) is 43.5 Å². The van der Waals surface area contributed by atoms with Gasteiger partial charge in [0.1, 0.15) is 6.61 Å². The van der Waals surface area contributed by atoms with E-state index in [1.54, 1.807) is 0 Å². The van der Waals surface area contributed by atoms with E-state index >= 15 is 0 Å². The monoisotopic (exact) mass is 573 g/mol. The Bertz CT molecular complexity index is 1410. The third kappa shape index (κ3) is 5.11. The number of fused-ring (bicyclic) bond motifs is 2. The van der Waals surface area contributed by atoms with Crippen molar-refractivity contribution in [3.05, 3.63) is 58.4 Å². The van der Waals surface area contributed by atoms with Gasteiger partial charge in [-0.3, -0.25) is 14.4 Å². The van der Waals surface area contributed by atoms with E-state index in [9.17, 15) is 36.0 Å². The van der Waals surface area contributed by atoms with Crippen LogP contribution in [0.2, 0.25) is 5.02 Å². The van der Waals surface area contributed by atoms with Crippen molar-refractivity contribution < 1.29 is 45.4 Å². The predicted octanol–water partition coefficient (Wildman–Crippen LogP) is 4.45. The second-order valence-corrected chi connectivity index (χ2v) is 11.9. The third-order valence-corrected chi connectivity index (χ3v) is 9.78. The molecule has 2 saturated carbocycles. The van der Waals surface area contributed by atoms with Crippen LogP contribution < -0.4 is 5.32 Å². The number of hydrogen-bond donors (Lipinski definition) is 1. The summed E-state index contributed by atoms with van der Waals surface area (Å²) in [5.41, 5.74) is -1.89. The Morgan fingerprint density at radius 2 is 1.71 bits per heavy atom. The fraction of sp³-hybridized carbons (Fsp3) is 0.400. The number of ether oxygens (including phenoxy) is 2. The second kappa shape index (κ2) is 10.2. The Morgan fingerprint density at radius 1 is 1.05 bits per heavy atom. The minimum atomic E-state index is -4.21. The molecule has 0 radical (unpaired) electrons. The summed E-state index contributed by atoms with van der Waals surface area (Å²) in [4.78, 5) is 35.8. The van der Waals surface area contributed by atoms with Gasteiger partial charge in [0.25, 0.3) is 5.91 Å². The van der Waals surface area contributed by atoms with Gasteiger partial charge in [0.2, 0.25) is 0 Å². The number of halogens is 4. The van der Waals surface area contributed by atoms with Crippen molar-refractivity contribution in [1.29, 1.82) is 0 Å². The van der Waals surface area contributed by atoms with E-state index in [0.29, 0.717) is 25.0 Å². The van der Waals surface area contributed by atoms with E-state index in [2.05, 4.69) is 5.32 Å².